The van der Waals surface area contributed by atoms with Gasteiger partial charge in [-0.2, -0.15) is 0 Å². The fourth-order valence-corrected chi connectivity index (χ4v) is 2.86. The zero-order chi connectivity index (χ0) is 13.9. The molecule has 0 bridgehead atoms. The molecular formula is C15H20N4O. The lowest BCUT2D eigenvalue weighted by molar-refractivity contribution is 0.0288. The van der Waals surface area contributed by atoms with Crippen LogP contribution in [0.4, 0.5) is 0 Å². The molecule has 0 radical (unpaired) electrons. The molecule has 3 N–H and O–H groups in total. The molecule has 0 aliphatic carbocycles. The topological polar surface area (TPSA) is 65.1 Å². The van der Waals surface area contributed by atoms with Gasteiger partial charge in [0.15, 0.2) is 0 Å². The molecule has 3 rings (SSSR count). The maximum Gasteiger partial charge on any atom is 0.0946 e. The average Bonchev–Trinajstić information content (AvgIpc) is 2.91. The van der Waals surface area contributed by atoms with Gasteiger partial charge in [-0.05, 0) is 17.5 Å². The van der Waals surface area contributed by atoms with Crippen molar-refractivity contribution in [2.75, 3.05) is 6.61 Å². The molecule has 2 heterocycles. The summed E-state index contributed by atoms with van der Waals surface area (Å²) in [6.07, 6.45) is 5.50. The summed E-state index contributed by atoms with van der Waals surface area (Å²) in [5, 5.41) is 0. The number of aryl methyl sites for hydroxylation is 1. The number of nitrogens with zero attached hydrogens (tertiary/aromatic N) is 2. The zero-order valence-electron chi connectivity index (χ0n) is 11.6. The number of fused-ring (bicyclic) bond motifs is 1. The predicted molar refractivity (Wildman–Crippen MR) is 76.7 cm³/mol. The molecule has 5 nitrogen and oxygen atoms in total. The number of ether oxygens (including phenoxy) is 1. The van der Waals surface area contributed by atoms with E-state index in [9.17, 15) is 0 Å². The number of hydrazine groups is 1. The van der Waals surface area contributed by atoms with Gasteiger partial charge in [0.2, 0.25) is 0 Å². The summed E-state index contributed by atoms with van der Waals surface area (Å²) in [6.45, 7) is 0.768. The minimum atomic E-state index is 0.0265. The fraction of sp³-hybridized carbons (Fsp3) is 0.400. The van der Waals surface area contributed by atoms with Crippen molar-refractivity contribution in [1.29, 1.82) is 0 Å². The Bertz CT molecular complexity index is 581. The number of aromatic nitrogens is 2. The number of nitrogens with two attached hydrogens (primary N) is 1. The fourth-order valence-electron chi connectivity index (χ4n) is 2.86. The van der Waals surface area contributed by atoms with Crippen LogP contribution in [0.25, 0.3) is 0 Å². The van der Waals surface area contributed by atoms with Gasteiger partial charge in [-0.1, -0.05) is 24.3 Å². The summed E-state index contributed by atoms with van der Waals surface area (Å²) in [7, 11) is 1.97. The Labute approximate surface area is 118 Å². The number of nitrogens with one attached hydrogen (secondary N) is 1. The van der Waals surface area contributed by atoms with E-state index in [1.807, 2.05) is 17.8 Å². The van der Waals surface area contributed by atoms with Gasteiger partial charge in [0.1, 0.15) is 0 Å². The van der Waals surface area contributed by atoms with Gasteiger partial charge in [-0.15, -0.1) is 0 Å². The molecule has 0 fully saturated rings. The lowest BCUT2D eigenvalue weighted by Crippen LogP contribution is -2.32. The zero-order valence-corrected chi connectivity index (χ0v) is 11.6. The number of hydrogen-bond acceptors (Lipinski definition) is 4. The first kappa shape index (κ1) is 13.3. The Hall–Kier alpha value is -1.69. The second kappa shape index (κ2) is 5.75. The third-order valence-corrected chi connectivity index (χ3v) is 3.95. The molecular weight excluding hydrogens is 252 g/mol. The van der Waals surface area contributed by atoms with Crippen molar-refractivity contribution in [2.45, 2.75) is 25.0 Å². The van der Waals surface area contributed by atoms with E-state index in [0.717, 1.165) is 25.1 Å². The van der Waals surface area contributed by atoms with Gasteiger partial charge in [0, 0.05) is 19.7 Å². The van der Waals surface area contributed by atoms with Crippen molar-refractivity contribution in [3.63, 3.8) is 0 Å². The van der Waals surface area contributed by atoms with Crippen molar-refractivity contribution in [1.82, 2.24) is 15.0 Å². The predicted octanol–water partition coefficient (Wildman–Crippen LogP) is 1.63. The van der Waals surface area contributed by atoms with Crippen molar-refractivity contribution in [3.8, 4) is 0 Å². The second-order valence-corrected chi connectivity index (χ2v) is 5.19. The van der Waals surface area contributed by atoms with Crippen LogP contribution >= 0.6 is 0 Å². The Morgan fingerprint density at radius 2 is 2.35 bits per heavy atom. The molecule has 20 heavy (non-hydrogen) atoms. The van der Waals surface area contributed by atoms with Crippen molar-refractivity contribution >= 4 is 0 Å². The van der Waals surface area contributed by atoms with Crippen molar-refractivity contribution in [2.24, 2.45) is 12.9 Å². The highest BCUT2D eigenvalue weighted by Gasteiger charge is 2.25. The van der Waals surface area contributed by atoms with E-state index in [0.29, 0.717) is 0 Å². The number of benzene rings is 1. The van der Waals surface area contributed by atoms with Crippen LogP contribution in [-0.2, 0) is 18.2 Å². The van der Waals surface area contributed by atoms with Crippen molar-refractivity contribution in [3.05, 3.63) is 53.6 Å². The average molecular weight is 272 g/mol. The van der Waals surface area contributed by atoms with E-state index in [-0.39, 0.29) is 12.1 Å². The largest absolute Gasteiger partial charge is 0.373 e. The maximum atomic E-state index is 5.95. The molecule has 2 atom stereocenters. The molecule has 1 aromatic carbocycles. The molecule has 1 aliphatic heterocycles. The number of imidazole rings is 1. The van der Waals surface area contributed by atoms with Crippen LogP contribution in [0.1, 0.15) is 35.4 Å². The van der Waals surface area contributed by atoms with Crippen LogP contribution in [0.5, 0.6) is 0 Å². The molecule has 1 aliphatic rings. The van der Waals surface area contributed by atoms with Gasteiger partial charge < -0.3 is 9.30 Å². The molecule has 2 aromatic rings. The summed E-state index contributed by atoms with van der Waals surface area (Å²) in [5.41, 5.74) is 6.61. The Balaban J connectivity index is 1.82. The first-order valence-corrected chi connectivity index (χ1v) is 6.91. The molecule has 0 saturated carbocycles. The van der Waals surface area contributed by atoms with Gasteiger partial charge in [-0.3, -0.25) is 11.3 Å². The number of hydrogen-bond donors (Lipinski definition) is 2. The molecule has 1 aromatic heterocycles. The maximum absolute atomic E-state index is 5.95. The van der Waals surface area contributed by atoms with E-state index in [1.165, 1.54) is 11.1 Å². The van der Waals surface area contributed by atoms with E-state index < -0.39 is 0 Å². The number of rotatable bonds is 4. The normalized spacial score (nSPS) is 19.6. The first-order chi connectivity index (χ1) is 9.79. The van der Waals surface area contributed by atoms with E-state index in [2.05, 4.69) is 34.7 Å². The van der Waals surface area contributed by atoms with E-state index in [4.69, 9.17) is 10.6 Å². The standard InChI is InChI=1S/C15H20N4O/c1-19-10-17-9-14(19)13(18-16)8-15-12-5-3-2-4-11(12)6-7-20-15/h2-5,9-10,13,15,18H,6-8,16H2,1H3. The first-order valence-electron chi connectivity index (χ1n) is 6.91. The Morgan fingerprint density at radius 3 is 3.10 bits per heavy atom. The van der Waals surface area contributed by atoms with Crippen LogP contribution in [-0.4, -0.2) is 16.2 Å². The summed E-state index contributed by atoms with van der Waals surface area (Å²) >= 11 is 0. The van der Waals surface area contributed by atoms with E-state index in [1.54, 1.807) is 6.33 Å². The van der Waals surface area contributed by atoms with Gasteiger partial charge in [-0.25, -0.2) is 4.98 Å². The highest BCUT2D eigenvalue weighted by molar-refractivity contribution is 5.31. The SMILES string of the molecule is Cn1cncc1C(CC1OCCc2ccccc21)NN. The Kier molecular flexibility index (Phi) is 3.82. The third-order valence-electron chi connectivity index (χ3n) is 3.95. The minimum Gasteiger partial charge on any atom is -0.373 e. The minimum absolute atomic E-state index is 0.0265. The molecule has 0 amide bonds. The highest BCUT2D eigenvalue weighted by atomic mass is 16.5. The lowest BCUT2D eigenvalue weighted by Gasteiger charge is -2.29. The van der Waals surface area contributed by atoms with Crippen molar-refractivity contribution < 1.29 is 4.74 Å². The monoisotopic (exact) mass is 272 g/mol. The molecule has 5 heteroatoms. The third kappa shape index (κ3) is 2.47. The second-order valence-electron chi connectivity index (χ2n) is 5.19. The van der Waals surface area contributed by atoms with Crippen LogP contribution in [0, 0.1) is 0 Å². The van der Waals surface area contributed by atoms with Gasteiger partial charge >= 0.3 is 0 Å². The smallest absolute Gasteiger partial charge is 0.0946 e. The quantitative estimate of drug-likeness (QED) is 0.656. The molecule has 2 unspecified atom stereocenters. The van der Waals surface area contributed by atoms with Crippen LogP contribution in [0.2, 0.25) is 0 Å². The molecule has 106 valence electrons. The summed E-state index contributed by atoms with van der Waals surface area (Å²) < 4.78 is 7.93. The summed E-state index contributed by atoms with van der Waals surface area (Å²) in [5.74, 6) is 5.72. The highest BCUT2D eigenvalue weighted by Crippen LogP contribution is 2.33. The van der Waals surface area contributed by atoms with E-state index >= 15 is 0 Å². The van der Waals surface area contributed by atoms with Gasteiger partial charge in [0.25, 0.3) is 0 Å². The summed E-state index contributed by atoms with van der Waals surface area (Å²) in [6, 6.07) is 8.50. The van der Waals surface area contributed by atoms with Crippen LogP contribution in [0.15, 0.2) is 36.8 Å². The van der Waals surface area contributed by atoms with Crippen LogP contribution < -0.4 is 11.3 Å². The molecule has 0 spiro atoms. The Morgan fingerprint density at radius 1 is 1.50 bits per heavy atom. The lowest BCUT2D eigenvalue weighted by atomic mass is 9.93. The molecule has 0 saturated heterocycles. The van der Waals surface area contributed by atoms with Gasteiger partial charge in [0.05, 0.1) is 30.8 Å². The summed E-state index contributed by atoms with van der Waals surface area (Å²) in [4.78, 5) is 4.15. The van der Waals surface area contributed by atoms with Crippen LogP contribution in [0.3, 0.4) is 0 Å².